The maximum absolute atomic E-state index is 5.94. The van der Waals surface area contributed by atoms with E-state index in [1.165, 1.54) is 27.7 Å². The van der Waals surface area contributed by atoms with Gasteiger partial charge in [0.05, 0.1) is 32.1 Å². The summed E-state index contributed by atoms with van der Waals surface area (Å²) in [5, 5.41) is 1.35. The first-order valence-corrected chi connectivity index (χ1v) is 9.95. The molecule has 0 amide bonds. The van der Waals surface area contributed by atoms with Crippen LogP contribution in [0.2, 0.25) is 0 Å². The highest BCUT2D eigenvalue weighted by Crippen LogP contribution is 2.47. The second-order valence-electron chi connectivity index (χ2n) is 8.16. The lowest BCUT2D eigenvalue weighted by Crippen LogP contribution is -2.51. The van der Waals surface area contributed by atoms with Crippen LogP contribution in [0.25, 0.3) is 10.9 Å². The first-order chi connectivity index (χ1) is 13.2. The lowest BCUT2D eigenvalue weighted by Gasteiger charge is -2.49. The molecule has 4 unspecified atom stereocenters. The molecule has 4 atom stereocenters. The summed E-state index contributed by atoms with van der Waals surface area (Å²) < 4.78 is 16.8. The first kappa shape index (κ1) is 17.1. The largest absolute Gasteiger partial charge is 0.498 e. The van der Waals surface area contributed by atoms with Gasteiger partial charge in [0, 0.05) is 48.8 Å². The lowest BCUT2D eigenvalue weighted by molar-refractivity contribution is -0.0282. The zero-order valence-electron chi connectivity index (χ0n) is 16.3. The van der Waals surface area contributed by atoms with Crippen LogP contribution >= 0.6 is 0 Å². The molecule has 0 radical (unpaired) electrons. The average Bonchev–Trinajstić information content (AvgIpc) is 3.07. The summed E-state index contributed by atoms with van der Waals surface area (Å²) in [7, 11) is 3.50. The maximum atomic E-state index is 5.94. The monoisotopic (exact) mass is 368 g/mol. The summed E-state index contributed by atoms with van der Waals surface area (Å²) in [6.07, 6.45) is 4.46. The van der Waals surface area contributed by atoms with Gasteiger partial charge >= 0.3 is 0 Å². The van der Waals surface area contributed by atoms with Crippen molar-refractivity contribution in [1.29, 1.82) is 0 Å². The maximum Gasteiger partial charge on any atom is 0.120 e. The van der Waals surface area contributed by atoms with E-state index in [1.54, 1.807) is 14.2 Å². The highest BCUT2D eigenvalue weighted by molar-refractivity contribution is 5.86. The summed E-state index contributed by atoms with van der Waals surface area (Å²) in [6, 6.07) is 6.84. The summed E-state index contributed by atoms with van der Waals surface area (Å²) >= 11 is 0. The van der Waals surface area contributed by atoms with Gasteiger partial charge in [-0.25, -0.2) is 0 Å². The van der Waals surface area contributed by atoms with Crippen LogP contribution in [0.1, 0.15) is 30.6 Å². The molecule has 0 aliphatic carbocycles. The third kappa shape index (κ3) is 2.67. The van der Waals surface area contributed by atoms with E-state index in [2.05, 4.69) is 35.0 Å². The predicted molar refractivity (Wildman–Crippen MR) is 105 cm³/mol. The van der Waals surface area contributed by atoms with Gasteiger partial charge in [-0.3, -0.25) is 4.90 Å². The first-order valence-electron chi connectivity index (χ1n) is 9.95. The van der Waals surface area contributed by atoms with E-state index in [9.17, 15) is 0 Å². The van der Waals surface area contributed by atoms with Gasteiger partial charge in [0.15, 0.2) is 0 Å². The Morgan fingerprint density at radius 3 is 3.00 bits per heavy atom. The molecule has 1 N–H and O–H groups in total. The van der Waals surface area contributed by atoms with E-state index >= 15 is 0 Å². The number of H-pyrrole nitrogens is 1. The fourth-order valence-corrected chi connectivity index (χ4v) is 5.42. The Labute approximate surface area is 160 Å². The molecule has 3 aliphatic heterocycles. The molecule has 2 aromatic rings. The van der Waals surface area contributed by atoms with E-state index in [1.807, 2.05) is 6.26 Å². The number of aromatic amines is 1. The highest BCUT2D eigenvalue weighted by atomic mass is 16.5. The fraction of sp³-hybridized carbons (Fsp3) is 0.545. The van der Waals surface area contributed by atoms with Gasteiger partial charge < -0.3 is 19.2 Å². The summed E-state index contributed by atoms with van der Waals surface area (Å²) in [5.41, 5.74) is 5.39. The Morgan fingerprint density at radius 2 is 2.19 bits per heavy atom. The van der Waals surface area contributed by atoms with Crippen LogP contribution in [-0.4, -0.2) is 49.9 Å². The number of aromatic nitrogens is 1. The van der Waals surface area contributed by atoms with Crippen LogP contribution in [0.3, 0.4) is 0 Å². The van der Waals surface area contributed by atoms with Crippen molar-refractivity contribution >= 4 is 10.9 Å². The SMILES string of the molecule is COCC1=COC(C)C2CN3CCc4c([nH]c5cc(OC)ccc45)C3CC12. The minimum Gasteiger partial charge on any atom is -0.498 e. The van der Waals surface area contributed by atoms with Crippen molar-refractivity contribution in [2.45, 2.75) is 31.9 Å². The van der Waals surface area contributed by atoms with E-state index in [0.717, 1.165) is 31.7 Å². The number of piperidine rings is 1. The van der Waals surface area contributed by atoms with Crippen molar-refractivity contribution in [3.05, 3.63) is 41.3 Å². The molecule has 1 saturated heterocycles. The number of hydrogen-bond acceptors (Lipinski definition) is 4. The number of nitrogens with zero attached hydrogens (tertiary/aromatic N) is 1. The second kappa shape index (κ2) is 6.57. The minimum atomic E-state index is 0.268. The van der Waals surface area contributed by atoms with Crippen LogP contribution in [0, 0.1) is 11.8 Å². The third-order valence-corrected chi connectivity index (χ3v) is 6.83. The summed E-state index contributed by atoms with van der Waals surface area (Å²) in [5.74, 6) is 1.98. The van der Waals surface area contributed by atoms with Crippen LogP contribution < -0.4 is 4.74 Å². The standard InChI is InChI=1S/C22H28N2O3/c1-13-19-10-24-7-6-17-16-5-4-15(26-3)8-20(16)23-22(17)21(24)9-18(19)14(11-25-2)12-27-13/h4-5,8,12-13,18-19,21,23H,6-7,9-11H2,1-3H3. The number of hydrogen-bond donors (Lipinski definition) is 1. The molecule has 5 nitrogen and oxygen atoms in total. The topological polar surface area (TPSA) is 46.7 Å². The number of methoxy groups -OCH3 is 2. The quantitative estimate of drug-likeness (QED) is 0.898. The van der Waals surface area contributed by atoms with Crippen LogP contribution in [0.5, 0.6) is 5.75 Å². The zero-order chi connectivity index (χ0) is 18.5. The van der Waals surface area contributed by atoms with Gasteiger partial charge in [-0.1, -0.05) is 0 Å². The average molecular weight is 368 g/mol. The molecule has 5 heteroatoms. The summed E-state index contributed by atoms with van der Waals surface area (Å²) in [4.78, 5) is 6.40. The lowest BCUT2D eigenvalue weighted by atomic mass is 9.72. The second-order valence-corrected chi connectivity index (χ2v) is 8.16. The molecule has 144 valence electrons. The van der Waals surface area contributed by atoms with E-state index in [-0.39, 0.29) is 6.10 Å². The smallest absolute Gasteiger partial charge is 0.120 e. The van der Waals surface area contributed by atoms with Gasteiger partial charge in [0.1, 0.15) is 5.75 Å². The van der Waals surface area contributed by atoms with Gasteiger partial charge in [-0.2, -0.15) is 0 Å². The number of ether oxygens (including phenoxy) is 3. The molecule has 1 aromatic carbocycles. The van der Waals surface area contributed by atoms with Gasteiger partial charge in [0.25, 0.3) is 0 Å². The molecular weight excluding hydrogens is 340 g/mol. The van der Waals surface area contributed by atoms with Crippen molar-refractivity contribution in [2.75, 3.05) is 33.9 Å². The molecule has 4 heterocycles. The van der Waals surface area contributed by atoms with Gasteiger partial charge in [-0.05, 0) is 49.0 Å². The molecule has 0 saturated carbocycles. The number of rotatable bonds is 3. The highest BCUT2D eigenvalue weighted by Gasteiger charge is 2.45. The molecule has 27 heavy (non-hydrogen) atoms. The summed E-state index contributed by atoms with van der Waals surface area (Å²) in [6.45, 7) is 5.09. The molecule has 0 spiro atoms. The van der Waals surface area contributed by atoms with Crippen molar-refractivity contribution in [1.82, 2.24) is 9.88 Å². The normalized spacial score (nSPS) is 30.1. The van der Waals surface area contributed by atoms with Crippen molar-refractivity contribution in [3.63, 3.8) is 0 Å². The van der Waals surface area contributed by atoms with Crippen molar-refractivity contribution in [3.8, 4) is 5.75 Å². The predicted octanol–water partition coefficient (Wildman–Crippen LogP) is 3.66. The third-order valence-electron chi connectivity index (χ3n) is 6.83. The molecular formula is C22H28N2O3. The molecule has 5 rings (SSSR count). The molecule has 1 fully saturated rings. The van der Waals surface area contributed by atoms with Crippen molar-refractivity contribution < 1.29 is 14.2 Å². The molecule has 1 aromatic heterocycles. The molecule has 0 bridgehead atoms. The zero-order valence-corrected chi connectivity index (χ0v) is 16.3. The minimum absolute atomic E-state index is 0.268. The van der Waals surface area contributed by atoms with E-state index in [0.29, 0.717) is 24.5 Å². The Balaban J connectivity index is 1.53. The van der Waals surface area contributed by atoms with E-state index < -0.39 is 0 Å². The van der Waals surface area contributed by atoms with Crippen LogP contribution in [0.4, 0.5) is 0 Å². The van der Waals surface area contributed by atoms with E-state index in [4.69, 9.17) is 14.2 Å². The Bertz CT molecular complexity index is 887. The Kier molecular flexibility index (Phi) is 4.17. The van der Waals surface area contributed by atoms with Gasteiger partial charge in [-0.15, -0.1) is 0 Å². The fourth-order valence-electron chi connectivity index (χ4n) is 5.42. The van der Waals surface area contributed by atoms with Gasteiger partial charge in [0.2, 0.25) is 0 Å². The Morgan fingerprint density at radius 1 is 1.30 bits per heavy atom. The number of fused-ring (bicyclic) bond motifs is 6. The van der Waals surface area contributed by atoms with Crippen molar-refractivity contribution in [2.24, 2.45) is 11.8 Å². The molecule has 3 aliphatic rings. The number of benzene rings is 1. The van der Waals surface area contributed by atoms with Crippen LogP contribution in [0.15, 0.2) is 30.0 Å². The number of nitrogens with one attached hydrogen (secondary N) is 1. The van der Waals surface area contributed by atoms with Crippen LogP contribution in [-0.2, 0) is 15.9 Å². The Hall–Kier alpha value is -1.98.